The van der Waals surface area contributed by atoms with Gasteiger partial charge < -0.3 is 14.8 Å². The van der Waals surface area contributed by atoms with E-state index in [4.69, 9.17) is 16.0 Å². The van der Waals surface area contributed by atoms with Gasteiger partial charge in [0.05, 0.1) is 16.2 Å². The normalized spacial score (nSPS) is 10.7. The van der Waals surface area contributed by atoms with Crippen molar-refractivity contribution in [2.45, 2.75) is 0 Å². The van der Waals surface area contributed by atoms with Gasteiger partial charge in [0.1, 0.15) is 17.6 Å². The molecule has 23 heavy (non-hydrogen) atoms. The van der Waals surface area contributed by atoms with Gasteiger partial charge in [0.2, 0.25) is 0 Å². The summed E-state index contributed by atoms with van der Waals surface area (Å²) in [6, 6.07) is 8.21. The van der Waals surface area contributed by atoms with E-state index >= 15 is 0 Å². The molecule has 0 aliphatic rings. The highest BCUT2D eigenvalue weighted by Gasteiger charge is 2.18. The molecule has 3 aromatic rings. The first-order chi connectivity index (χ1) is 11.0. The molecule has 0 fully saturated rings. The van der Waals surface area contributed by atoms with Crippen molar-refractivity contribution < 1.29 is 19.2 Å². The average Bonchev–Trinajstić information content (AvgIpc) is 2.93. The summed E-state index contributed by atoms with van der Waals surface area (Å²) in [7, 11) is 0. The number of furan rings is 1. The number of fused-ring (bicyclic) bond motifs is 1. The average molecular weight is 333 g/mol. The Morgan fingerprint density at radius 3 is 2.74 bits per heavy atom. The lowest BCUT2D eigenvalue weighted by Crippen LogP contribution is -2.11. The van der Waals surface area contributed by atoms with E-state index in [2.05, 4.69) is 5.32 Å². The number of nitro benzene ring substituents is 1. The maximum Gasteiger partial charge on any atom is 0.270 e. The lowest BCUT2D eigenvalue weighted by Gasteiger charge is -2.06. The Hall–Kier alpha value is -3.06. The van der Waals surface area contributed by atoms with Crippen molar-refractivity contribution in [1.82, 2.24) is 0 Å². The zero-order chi connectivity index (χ0) is 16.6. The molecule has 0 bridgehead atoms. The third-order valence-corrected chi connectivity index (χ3v) is 3.46. The predicted octanol–water partition coefficient (Wildman–Crippen LogP) is 3.95. The fraction of sp³-hybridized carbons (Fsp3) is 0. The van der Waals surface area contributed by atoms with Gasteiger partial charge in [0, 0.05) is 28.6 Å². The van der Waals surface area contributed by atoms with Crippen molar-refractivity contribution in [2.75, 3.05) is 5.32 Å². The van der Waals surface area contributed by atoms with Crippen molar-refractivity contribution in [3.63, 3.8) is 0 Å². The second kappa shape index (κ2) is 5.62. The van der Waals surface area contributed by atoms with Crippen molar-refractivity contribution in [2.24, 2.45) is 0 Å². The molecule has 0 aliphatic carbocycles. The first-order valence-corrected chi connectivity index (χ1v) is 6.79. The molecule has 2 aromatic carbocycles. The molecule has 1 aromatic heterocycles. The summed E-state index contributed by atoms with van der Waals surface area (Å²) in [6.45, 7) is 0. The fourth-order valence-electron chi connectivity index (χ4n) is 2.11. The summed E-state index contributed by atoms with van der Waals surface area (Å²) in [5.41, 5.74) is 0.487. The molecule has 7 nitrogen and oxygen atoms in total. The molecule has 1 heterocycles. The number of hydrogen-bond acceptors (Lipinski definition) is 5. The van der Waals surface area contributed by atoms with Gasteiger partial charge in [-0.25, -0.2) is 0 Å². The predicted molar refractivity (Wildman–Crippen MR) is 83.9 cm³/mol. The van der Waals surface area contributed by atoms with Gasteiger partial charge in [-0.15, -0.1) is 0 Å². The van der Waals surface area contributed by atoms with Crippen LogP contribution in [-0.2, 0) is 0 Å². The molecule has 0 atom stereocenters. The van der Waals surface area contributed by atoms with Gasteiger partial charge in [-0.05, 0) is 18.2 Å². The highest BCUT2D eigenvalue weighted by molar-refractivity contribution is 6.30. The Bertz CT molecular complexity index is 935. The number of amides is 1. The van der Waals surface area contributed by atoms with Crippen LogP contribution in [-0.4, -0.2) is 15.9 Å². The van der Waals surface area contributed by atoms with Gasteiger partial charge in [-0.3, -0.25) is 14.9 Å². The van der Waals surface area contributed by atoms with Gasteiger partial charge in [-0.1, -0.05) is 11.6 Å². The van der Waals surface area contributed by atoms with Crippen LogP contribution in [0.5, 0.6) is 5.75 Å². The van der Waals surface area contributed by atoms with Crippen molar-refractivity contribution in [3.8, 4) is 5.75 Å². The van der Waals surface area contributed by atoms with Gasteiger partial charge >= 0.3 is 0 Å². The summed E-state index contributed by atoms with van der Waals surface area (Å²) >= 11 is 5.73. The van der Waals surface area contributed by atoms with E-state index in [0.29, 0.717) is 16.0 Å². The number of nitro groups is 1. The molecule has 1 amide bonds. The topological polar surface area (TPSA) is 106 Å². The number of carbonyl (C=O) groups is 1. The Morgan fingerprint density at radius 2 is 2.04 bits per heavy atom. The molecule has 3 rings (SSSR count). The van der Waals surface area contributed by atoms with Crippen LogP contribution in [0.15, 0.2) is 47.1 Å². The molecular weight excluding hydrogens is 324 g/mol. The minimum atomic E-state index is -0.568. The molecule has 0 spiro atoms. The van der Waals surface area contributed by atoms with E-state index < -0.39 is 10.8 Å². The van der Waals surface area contributed by atoms with E-state index in [-0.39, 0.29) is 22.7 Å². The first-order valence-electron chi connectivity index (χ1n) is 6.41. The van der Waals surface area contributed by atoms with E-state index in [1.165, 1.54) is 42.7 Å². The number of aromatic hydroxyl groups is 1. The van der Waals surface area contributed by atoms with Gasteiger partial charge in [-0.2, -0.15) is 0 Å². The van der Waals surface area contributed by atoms with Crippen LogP contribution in [0.25, 0.3) is 11.0 Å². The largest absolute Gasteiger partial charge is 0.506 e. The second-order valence-electron chi connectivity index (χ2n) is 4.70. The second-order valence-corrected chi connectivity index (χ2v) is 5.14. The molecule has 0 radical (unpaired) electrons. The standard InChI is InChI=1S/C15H9ClN2O5/c16-8-1-3-12(13(19)5-8)17-15(20)11-7-23-14-4-2-9(18(21)22)6-10(11)14/h1-7,19H,(H,17,20). The van der Waals surface area contributed by atoms with Crippen molar-refractivity contribution >= 4 is 39.9 Å². The maximum atomic E-state index is 12.3. The number of phenolic OH excluding ortho intramolecular Hbond substituents is 1. The maximum absolute atomic E-state index is 12.3. The number of non-ortho nitro benzene ring substituents is 1. The zero-order valence-corrected chi connectivity index (χ0v) is 12.2. The number of rotatable bonds is 3. The molecule has 8 heteroatoms. The van der Waals surface area contributed by atoms with E-state index in [9.17, 15) is 20.0 Å². The van der Waals surface area contributed by atoms with Crippen LogP contribution in [0.3, 0.4) is 0 Å². The van der Waals surface area contributed by atoms with E-state index in [1.807, 2.05) is 0 Å². The number of hydrogen-bond donors (Lipinski definition) is 2. The van der Waals surface area contributed by atoms with Crippen LogP contribution in [0.1, 0.15) is 10.4 Å². The van der Waals surface area contributed by atoms with E-state index in [0.717, 1.165) is 0 Å². The summed E-state index contributed by atoms with van der Waals surface area (Å²) in [5, 5.41) is 23.7. The summed E-state index contributed by atoms with van der Waals surface area (Å²) in [4.78, 5) is 22.6. The van der Waals surface area contributed by atoms with Crippen LogP contribution in [0.4, 0.5) is 11.4 Å². The Morgan fingerprint density at radius 1 is 1.26 bits per heavy atom. The molecule has 0 saturated carbocycles. The third kappa shape index (κ3) is 2.82. The Labute approximate surface area is 134 Å². The Balaban J connectivity index is 1.97. The smallest absolute Gasteiger partial charge is 0.270 e. The number of carbonyl (C=O) groups excluding carboxylic acids is 1. The molecule has 0 saturated heterocycles. The number of phenols is 1. The lowest BCUT2D eigenvalue weighted by molar-refractivity contribution is -0.384. The number of anilines is 1. The summed E-state index contributed by atoms with van der Waals surface area (Å²) in [6.07, 6.45) is 1.21. The fourth-order valence-corrected chi connectivity index (χ4v) is 2.27. The van der Waals surface area contributed by atoms with E-state index in [1.54, 1.807) is 0 Å². The number of nitrogens with zero attached hydrogens (tertiary/aromatic N) is 1. The Kier molecular flexibility index (Phi) is 3.63. The molecule has 116 valence electrons. The molecule has 0 unspecified atom stereocenters. The van der Waals surface area contributed by atoms with Crippen molar-refractivity contribution in [1.29, 1.82) is 0 Å². The van der Waals surface area contributed by atoms with Gasteiger partial charge in [0.15, 0.2) is 0 Å². The SMILES string of the molecule is O=C(Nc1ccc(Cl)cc1O)c1coc2ccc([N+](=O)[O-])cc12. The van der Waals surface area contributed by atoms with Crippen LogP contribution >= 0.6 is 11.6 Å². The lowest BCUT2D eigenvalue weighted by atomic mass is 10.1. The van der Waals surface area contributed by atoms with Crippen molar-refractivity contribution in [3.05, 3.63) is 63.4 Å². The van der Waals surface area contributed by atoms with Crippen LogP contribution in [0, 0.1) is 10.1 Å². The molecule has 0 aliphatic heterocycles. The molecular formula is C15H9ClN2O5. The quantitative estimate of drug-likeness (QED) is 0.429. The summed E-state index contributed by atoms with van der Waals surface area (Å²) in [5.74, 6) is -0.758. The zero-order valence-electron chi connectivity index (χ0n) is 11.4. The highest BCUT2D eigenvalue weighted by Crippen LogP contribution is 2.29. The highest BCUT2D eigenvalue weighted by atomic mass is 35.5. The van der Waals surface area contributed by atoms with Crippen LogP contribution < -0.4 is 5.32 Å². The number of benzene rings is 2. The van der Waals surface area contributed by atoms with Crippen LogP contribution in [0.2, 0.25) is 5.02 Å². The summed E-state index contributed by atoms with van der Waals surface area (Å²) < 4.78 is 5.22. The minimum Gasteiger partial charge on any atom is -0.506 e. The molecule has 2 N–H and O–H groups in total. The third-order valence-electron chi connectivity index (χ3n) is 3.22. The van der Waals surface area contributed by atoms with Gasteiger partial charge in [0.25, 0.3) is 11.6 Å². The minimum absolute atomic E-state index is 0.123. The first kappa shape index (κ1) is 14.9. The number of halogens is 1. The number of nitrogens with one attached hydrogen (secondary N) is 1. The monoisotopic (exact) mass is 332 g/mol.